The number of carbonyl (C=O) groups excluding carboxylic acids is 1. The molecule has 32 heavy (non-hydrogen) atoms. The molecule has 0 spiro atoms. The molecule has 1 amide bonds. The van der Waals surface area contributed by atoms with Crippen molar-refractivity contribution in [3.8, 4) is 11.1 Å². The summed E-state index contributed by atoms with van der Waals surface area (Å²) >= 11 is 13.4. The van der Waals surface area contributed by atoms with Gasteiger partial charge in [0.25, 0.3) is 10.2 Å². The number of nitrogens with zero attached hydrogens (tertiary/aromatic N) is 3. The minimum absolute atomic E-state index is 0.150. The van der Waals surface area contributed by atoms with E-state index >= 15 is 0 Å². The number of aryl methyl sites for hydroxylation is 1. The van der Waals surface area contributed by atoms with E-state index in [2.05, 4.69) is 15.1 Å². The summed E-state index contributed by atoms with van der Waals surface area (Å²) in [5.74, 6) is -1.18. The van der Waals surface area contributed by atoms with Gasteiger partial charge in [-0.3, -0.25) is 9.48 Å². The average molecular weight is 518 g/mol. The molecule has 0 radical (unpaired) electrons. The van der Waals surface area contributed by atoms with E-state index in [-0.39, 0.29) is 17.1 Å². The Hall–Kier alpha value is -2.02. The zero-order valence-corrected chi connectivity index (χ0v) is 20.0. The second-order valence-corrected chi connectivity index (χ2v) is 11.2. The van der Waals surface area contributed by atoms with Gasteiger partial charge < -0.3 is 5.32 Å². The van der Waals surface area contributed by atoms with Crippen LogP contribution in [0.15, 0.2) is 36.7 Å². The number of hydrogen-bond acceptors (Lipinski definition) is 5. The fourth-order valence-electron chi connectivity index (χ4n) is 3.41. The van der Waals surface area contributed by atoms with Gasteiger partial charge in [-0.05, 0) is 30.7 Å². The van der Waals surface area contributed by atoms with Crippen molar-refractivity contribution in [1.82, 2.24) is 18.8 Å². The summed E-state index contributed by atoms with van der Waals surface area (Å²) < 4.78 is 44.5. The highest BCUT2D eigenvalue weighted by atomic mass is 35.5. The van der Waals surface area contributed by atoms with Crippen molar-refractivity contribution in [2.45, 2.75) is 18.5 Å². The first-order valence-corrected chi connectivity index (χ1v) is 12.4. The van der Waals surface area contributed by atoms with Gasteiger partial charge in [-0.15, -0.1) is 11.3 Å². The van der Waals surface area contributed by atoms with E-state index in [1.807, 2.05) is 0 Å². The lowest BCUT2D eigenvalue weighted by atomic mass is 10.0. The summed E-state index contributed by atoms with van der Waals surface area (Å²) in [7, 11) is -0.833. The maximum atomic E-state index is 13.4. The number of benzene rings is 1. The third kappa shape index (κ3) is 4.54. The van der Waals surface area contributed by atoms with Gasteiger partial charge in [0.15, 0.2) is 0 Å². The third-order valence-electron chi connectivity index (χ3n) is 5.12. The van der Waals surface area contributed by atoms with E-state index in [0.29, 0.717) is 9.21 Å². The van der Waals surface area contributed by atoms with Crippen LogP contribution in [-0.2, 0) is 22.1 Å². The number of nitrogens with one attached hydrogen (secondary N) is 2. The molecule has 0 aliphatic carbocycles. The van der Waals surface area contributed by atoms with E-state index in [1.54, 1.807) is 30.2 Å². The van der Waals surface area contributed by atoms with Crippen LogP contribution in [0.25, 0.3) is 11.1 Å². The molecule has 2 N–H and O–H groups in total. The quantitative estimate of drug-likeness (QED) is 0.549. The van der Waals surface area contributed by atoms with Crippen molar-refractivity contribution in [2.75, 3.05) is 12.4 Å². The molecule has 3 aromatic rings. The number of aromatic nitrogens is 2. The highest BCUT2D eigenvalue weighted by Gasteiger charge is 2.41. The molecule has 13 heteroatoms. The van der Waals surface area contributed by atoms with Gasteiger partial charge in [0.2, 0.25) is 5.91 Å². The van der Waals surface area contributed by atoms with Gasteiger partial charge in [0.05, 0.1) is 17.3 Å². The molecule has 0 saturated carbocycles. The smallest absolute Gasteiger partial charge is 0.280 e. The van der Waals surface area contributed by atoms with Crippen molar-refractivity contribution in [1.29, 1.82) is 0 Å². The van der Waals surface area contributed by atoms with Crippen molar-refractivity contribution in [2.24, 2.45) is 7.05 Å². The van der Waals surface area contributed by atoms with E-state index in [0.717, 1.165) is 21.5 Å². The van der Waals surface area contributed by atoms with Crippen LogP contribution >= 0.6 is 34.5 Å². The van der Waals surface area contributed by atoms with Crippen LogP contribution in [0.4, 0.5) is 10.1 Å². The van der Waals surface area contributed by atoms with Crippen molar-refractivity contribution in [3.05, 3.63) is 56.7 Å². The van der Waals surface area contributed by atoms with Gasteiger partial charge in [0.1, 0.15) is 16.2 Å². The summed E-state index contributed by atoms with van der Waals surface area (Å²) in [6, 6.07) is 3.88. The molecule has 3 heterocycles. The average Bonchev–Trinajstić information content (AvgIpc) is 3.32. The molecule has 1 saturated heterocycles. The second kappa shape index (κ2) is 8.73. The first-order valence-electron chi connectivity index (χ1n) is 9.34. The van der Waals surface area contributed by atoms with Crippen LogP contribution in [-0.4, -0.2) is 41.5 Å². The lowest BCUT2D eigenvalue weighted by Gasteiger charge is -2.35. The van der Waals surface area contributed by atoms with E-state index in [9.17, 15) is 17.6 Å². The Bertz CT molecular complexity index is 1290. The van der Waals surface area contributed by atoms with E-state index in [4.69, 9.17) is 23.2 Å². The number of rotatable bonds is 4. The standard InChI is InChI=1S/C19H18Cl2FN5O3S2/c1-26-9-10(8-23-26)12-6-17(31-18(12)21)15-7-16(27(2)32(29,30)25-15)19(28)24-11-3-4-14(22)13(20)5-11/h3-6,8-9,15-16,25H,7H2,1-2H3,(H,24,28). The molecule has 1 aromatic carbocycles. The fourth-order valence-corrected chi connectivity index (χ4v) is 6.33. The number of amides is 1. The predicted molar refractivity (Wildman–Crippen MR) is 123 cm³/mol. The number of carbonyl (C=O) groups is 1. The number of thiophene rings is 1. The molecule has 2 atom stereocenters. The molecule has 8 nitrogen and oxygen atoms in total. The summed E-state index contributed by atoms with van der Waals surface area (Å²) in [5, 5.41) is 6.59. The summed E-state index contributed by atoms with van der Waals surface area (Å²) in [6.45, 7) is 0. The summed E-state index contributed by atoms with van der Waals surface area (Å²) in [5.41, 5.74) is 1.80. The predicted octanol–water partition coefficient (Wildman–Crippen LogP) is 3.81. The molecular weight excluding hydrogens is 500 g/mol. The Morgan fingerprint density at radius 1 is 1.31 bits per heavy atom. The van der Waals surface area contributed by atoms with Gasteiger partial charge in [0, 0.05) is 42.0 Å². The zero-order chi connectivity index (χ0) is 23.2. The van der Waals surface area contributed by atoms with E-state index in [1.165, 1.54) is 30.5 Å². The molecule has 2 aromatic heterocycles. The first kappa shape index (κ1) is 23.1. The molecule has 1 aliphatic rings. The minimum atomic E-state index is -3.94. The number of hydrogen-bond donors (Lipinski definition) is 2. The topological polar surface area (TPSA) is 96.3 Å². The number of anilines is 1. The SMILES string of the molecule is CN1C(C(=O)Nc2ccc(F)c(Cl)c2)CC(c2cc(-c3cnn(C)c3)c(Cl)s2)NS1(=O)=O. The molecule has 2 unspecified atom stereocenters. The van der Waals surface area contributed by atoms with E-state index < -0.39 is 34.0 Å². The minimum Gasteiger partial charge on any atom is -0.325 e. The lowest BCUT2D eigenvalue weighted by molar-refractivity contribution is -0.120. The lowest BCUT2D eigenvalue weighted by Crippen LogP contribution is -2.55. The Labute approximate surface area is 198 Å². The third-order valence-corrected chi connectivity index (χ3v) is 8.48. The van der Waals surface area contributed by atoms with Gasteiger partial charge in [-0.25, -0.2) is 4.39 Å². The Kier molecular flexibility index (Phi) is 6.31. The van der Waals surface area contributed by atoms with Crippen LogP contribution in [0, 0.1) is 5.82 Å². The maximum Gasteiger partial charge on any atom is 0.280 e. The Morgan fingerprint density at radius 3 is 2.72 bits per heavy atom. The van der Waals surface area contributed by atoms with Crippen molar-refractivity contribution < 1.29 is 17.6 Å². The summed E-state index contributed by atoms with van der Waals surface area (Å²) in [6.07, 6.45) is 3.64. The van der Waals surface area contributed by atoms with Crippen LogP contribution in [0.3, 0.4) is 0 Å². The first-order chi connectivity index (χ1) is 15.0. The Balaban J connectivity index is 1.60. The van der Waals surface area contributed by atoms with Crippen LogP contribution in [0.2, 0.25) is 9.36 Å². The second-order valence-electron chi connectivity index (χ2n) is 7.30. The molecule has 1 aliphatic heterocycles. The zero-order valence-electron chi connectivity index (χ0n) is 16.8. The van der Waals surface area contributed by atoms with Crippen LogP contribution < -0.4 is 10.0 Å². The van der Waals surface area contributed by atoms with Gasteiger partial charge in [-0.1, -0.05) is 23.2 Å². The Morgan fingerprint density at radius 2 is 2.06 bits per heavy atom. The molecule has 1 fully saturated rings. The highest BCUT2D eigenvalue weighted by molar-refractivity contribution is 7.87. The fraction of sp³-hybridized carbons (Fsp3) is 0.263. The van der Waals surface area contributed by atoms with Gasteiger partial charge >= 0.3 is 0 Å². The molecular formula is C19H18Cl2FN5O3S2. The van der Waals surface area contributed by atoms with Crippen molar-refractivity contribution >= 4 is 56.3 Å². The molecule has 4 rings (SSSR count). The van der Waals surface area contributed by atoms with Crippen molar-refractivity contribution in [3.63, 3.8) is 0 Å². The monoisotopic (exact) mass is 517 g/mol. The van der Waals surface area contributed by atoms with Crippen LogP contribution in [0.5, 0.6) is 0 Å². The van der Waals surface area contributed by atoms with Gasteiger partial charge in [-0.2, -0.15) is 22.5 Å². The molecule has 170 valence electrons. The highest BCUT2D eigenvalue weighted by Crippen LogP contribution is 2.41. The largest absolute Gasteiger partial charge is 0.325 e. The maximum absolute atomic E-state index is 13.4. The summed E-state index contributed by atoms with van der Waals surface area (Å²) in [4.78, 5) is 13.6. The normalized spacial score (nSPS) is 20.9. The number of halogens is 3. The molecule has 0 bridgehead atoms. The number of likely N-dealkylation sites (N-methyl/N-ethyl adjacent to an activating group) is 1. The van der Waals surface area contributed by atoms with Crippen LogP contribution in [0.1, 0.15) is 17.3 Å².